The van der Waals surface area contributed by atoms with Crippen molar-refractivity contribution in [3.05, 3.63) is 29.8 Å². The molecule has 2 rings (SSSR count). The van der Waals surface area contributed by atoms with Gasteiger partial charge >= 0.3 is 6.36 Å². The van der Waals surface area contributed by atoms with Crippen molar-refractivity contribution in [1.82, 2.24) is 0 Å². The summed E-state index contributed by atoms with van der Waals surface area (Å²) in [6.07, 6.45) is -0.362. The molecule has 0 aromatic heterocycles. The smallest absolute Gasteiger partial charge is 0.406 e. The first-order chi connectivity index (χ1) is 8.92. The molecular formula is C14H17F3O2. The van der Waals surface area contributed by atoms with Crippen LogP contribution in [0.5, 0.6) is 5.75 Å². The van der Waals surface area contributed by atoms with Crippen LogP contribution in [0.1, 0.15) is 31.2 Å². The Bertz CT molecular complexity index is 400. The Morgan fingerprint density at radius 1 is 1.16 bits per heavy atom. The summed E-state index contributed by atoms with van der Waals surface area (Å²) in [6.45, 7) is 0. The van der Waals surface area contributed by atoms with E-state index in [-0.39, 0.29) is 11.9 Å². The molecule has 2 nitrogen and oxygen atoms in total. The number of aliphatic hydroxyl groups excluding tert-OH is 1. The normalized spacial score (nSPS) is 24.2. The molecule has 1 aromatic carbocycles. The molecule has 1 N–H and O–H groups in total. The van der Waals surface area contributed by atoms with E-state index in [0.717, 1.165) is 37.7 Å². The number of halogens is 3. The molecule has 106 valence electrons. The van der Waals surface area contributed by atoms with Gasteiger partial charge in [0.2, 0.25) is 0 Å². The Morgan fingerprint density at radius 3 is 2.42 bits per heavy atom. The number of aliphatic hydroxyl groups is 1. The van der Waals surface area contributed by atoms with Crippen LogP contribution in [0.15, 0.2) is 24.3 Å². The molecule has 0 spiro atoms. The molecule has 19 heavy (non-hydrogen) atoms. The molecule has 5 heteroatoms. The molecule has 0 amide bonds. The van der Waals surface area contributed by atoms with Crippen molar-refractivity contribution in [3.63, 3.8) is 0 Å². The molecule has 0 aliphatic heterocycles. The molecule has 2 atom stereocenters. The van der Waals surface area contributed by atoms with Gasteiger partial charge in [-0.25, -0.2) is 0 Å². The van der Waals surface area contributed by atoms with Gasteiger partial charge in [-0.15, -0.1) is 13.2 Å². The van der Waals surface area contributed by atoms with E-state index < -0.39 is 6.36 Å². The highest BCUT2D eigenvalue weighted by atomic mass is 19.4. The Balaban J connectivity index is 1.91. The summed E-state index contributed by atoms with van der Waals surface area (Å²) in [5.41, 5.74) is 0.980. The van der Waals surface area contributed by atoms with Crippen LogP contribution in [-0.4, -0.2) is 17.6 Å². The summed E-state index contributed by atoms with van der Waals surface area (Å²) in [7, 11) is 0. The predicted octanol–water partition coefficient (Wildman–Crippen LogP) is 3.68. The van der Waals surface area contributed by atoms with Crippen molar-refractivity contribution in [2.24, 2.45) is 5.92 Å². The van der Waals surface area contributed by atoms with Crippen molar-refractivity contribution in [3.8, 4) is 5.75 Å². The number of ether oxygens (including phenoxy) is 1. The maximum Gasteiger partial charge on any atom is 0.573 e. The van der Waals surface area contributed by atoms with Crippen molar-refractivity contribution in [2.75, 3.05) is 0 Å². The van der Waals surface area contributed by atoms with Gasteiger partial charge in [0.1, 0.15) is 5.75 Å². The van der Waals surface area contributed by atoms with E-state index in [1.165, 1.54) is 12.1 Å². The maximum atomic E-state index is 12.0. The summed E-state index contributed by atoms with van der Waals surface area (Å²) >= 11 is 0. The van der Waals surface area contributed by atoms with Crippen LogP contribution < -0.4 is 4.74 Å². The minimum absolute atomic E-state index is 0.195. The van der Waals surface area contributed by atoms with E-state index in [4.69, 9.17) is 0 Å². The Hall–Kier alpha value is -1.23. The average molecular weight is 274 g/mol. The molecule has 2 unspecified atom stereocenters. The lowest BCUT2D eigenvalue weighted by Crippen LogP contribution is -2.21. The van der Waals surface area contributed by atoms with Gasteiger partial charge in [-0.1, -0.05) is 18.6 Å². The summed E-state index contributed by atoms with van der Waals surface area (Å²) < 4.78 is 39.8. The van der Waals surface area contributed by atoms with E-state index in [9.17, 15) is 18.3 Å². The molecule has 0 saturated heterocycles. The van der Waals surface area contributed by atoms with Gasteiger partial charge < -0.3 is 9.84 Å². The zero-order valence-electron chi connectivity index (χ0n) is 10.5. The van der Waals surface area contributed by atoms with Gasteiger partial charge in [0.15, 0.2) is 0 Å². The van der Waals surface area contributed by atoms with Gasteiger partial charge in [-0.2, -0.15) is 0 Å². The first-order valence-electron chi connectivity index (χ1n) is 6.45. The minimum Gasteiger partial charge on any atom is -0.406 e. The third kappa shape index (κ3) is 4.74. The first-order valence-corrected chi connectivity index (χ1v) is 6.45. The van der Waals surface area contributed by atoms with Gasteiger partial charge in [0.05, 0.1) is 6.10 Å². The molecule has 1 aliphatic carbocycles. The quantitative estimate of drug-likeness (QED) is 0.911. The zero-order chi connectivity index (χ0) is 13.9. The SMILES string of the molecule is OC1CCCC(Cc2ccc(OC(F)(F)F)cc2)C1. The topological polar surface area (TPSA) is 29.5 Å². The fourth-order valence-corrected chi connectivity index (χ4v) is 2.61. The Labute approximate surface area is 110 Å². The van der Waals surface area contributed by atoms with E-state index in [1.807, 2.05) is 0 Å². The average Bonchev–Trinajstić information content (AvgIpc) is 2.30. The molecular weight excluding hydrogens is 257 g/mol. The zero-order valence-corrected chi connectivity index (χ0v) is 10.5. The Morgan fingerprint density at radius 2 is 1.84 bits per heavy atom. The number of benzene rings is 1. The van der Waals surface area contributed by atoms with Gasteiger partial charge in [-0.3, -0.25) is 0 Å². The van der Waals surface area contributed by atoms with Gasteiger partial charge in [0, 0.05) is 0 Å². The number of rotatable bonds is 3. The largest absolute Gasteiger partial charge is 0.573 e. The van der Waals surface area contributed by atoms with Crippen molar-refractivity contribution >= 4 is 0 Å². The monoisotopic (exact) mass is 274 g/mol. The number of hydrogen-bond donors (Lipinski definition) is 1. The molecule has 1 fully saturated rings. The van der Waals surface area contributed by atoms with Crippen LogP contribution in [0.4, 0.5) is 13.2 Å². The van der Waals surface area contributed by atoms with Crippen molar-refractivity contribution < 1.29 is 23.0 Å². The van der Waals surface area contributed by atoms with E-state index in [0.29, 0.717) is 5.92 Å². The Kier molecular flexibility index (Phi) is 4.34. The van der Waals surface area contributed by atoms with Gasteiger partial charge in [-0.05, 0) is 49.3 Å². The van der Waals surface area contributed by atoms with E-state index in [1.54, 1.807) is 12.1 Å². The predicted molar refractivity (Wildman–Crippen MR) is 64.8 cm³/mol. The third-order valence-electron chi connectivity index (χ3n) is 3.44. The fraction of sp³-hybridized carbons (Fsp3) is 0.571. The van der Waals surface area contributed by atoms with E-state index in [2.05, 4.69) is 4.74 Å². The molecule has 0 bridgehead atoms. The van der Waals surface area contributed by atoms with Crippen LogP contribution in [0.25, 0.3) is 0 Å². The second-order valence-electron chi connectivity index (χ2n) is 5.08. The standard InChI is InChI=1S/C14H17F3O2/c15-14(16,17)19-13-6-4-10(5-7-13)8-11-2-1-3-12(18)9-11/h4-7,11-12,18H,1-3,8-9H2. The second-order valence-corrected chi connectivity index (χ2v) is 5.08. The van der Waals surface area contributed by atoms with E-state index >= 15 is 0 Å². The lowest BCUT2D eigenvalue weighted by Gasteiger charge is -2.25. The summed E-state index contributed by atoms with van der Waals surface area (Å²) in [5, 5.41) is 9.58. The highest BCUT2D eigenvalue weighted by Crippen LogP contribution is 2.28. The lowest BCUT2D eigenvalue weighted by molar-refractivity contribution is -0.274. The fourth-order valence-electron chi connectivity index (χ4n) is 2.61. The second kappa shape index (κ2) is 5.82. The van der Waals surface area contributed by atoms with Crippen LogP contribution in [0.3, 0.4) is 0 Å². The molecule has 1 saturated carbocycles. The summed E-state index contributed by atoms with van der Waals surface area (Å²) in [4.78, 5) is 0. The van der Waals surface area contributed by atoms with Crippen LogP contribution >= 0.6 is 0 Å². The number of alkyl halides is 3. The maximum absolute atomic E-state index is 12.0. The summed E-state index contributed by atoms with van der Waals surface area (Å²) in [5.74, 6) is 0.220. The van der Waals surface area contributed by atoms with Gasteiger partial charge in [0.25, 0.3) is 0 Å². The molecule has 0 radical (unpaired) electrons. The highest BCUT2D eigenvalue weighted by molar-refractivity contribution is 5.27. The lowest BCUT2D eigenvalue weighted by atomic mass is 9.83. The van der Waals surface area contributed by atoms with Crippen LogP contribution in [-0.2, 0) is 6.42 Å². The van der Waals surface area contributed by atoms with Crippen molar-refractivity contribution in [1.29, 1.82) is 0 Å². The molecule has 0 heterocycles. The summed E-state index contributed by atoms with van der Waals surface area (Å²) in [6, 6.07) is 5.98. The number of hydrogen-bond acceptors (Lipinski definition) is 2. The first kappa shape index (κ1) is 14.2. The molecule has 1 aromatic rings. The highest BCUT2D eigenvalue weighted by Gasteiger charge is 2.31. The van der Waals surface area contributed by atoms with Crippen LogP contribution in [0, 0.1) is 5.92 Å². The van der Waals surface area contributed by atoms with Crippen molar-refractivity contribution in [2.45, 2.75) is 44.6 Å². The minimum atomic E-state index is -4.64. The van der Waals surface area contributed by atoms with Crippen LogP contribution in [0.2, 0.25) is 0 Å². The third-order valence-corrected chi connectivity index (χ3v) is 3.44. The molecule has 1 aliphatic rings.